The van der Waals surface area contributed by atoms with Crippen LogP contribution in [0.4, 0.5) is 5.69 Å². The van der Waals surface area contributed by atoms with Gasteiger partial charge in [0.2, 0.25) is 5.91 Å². The number of hydrogen-bond donors (Lipinski definition) is 1. The number of carbonyl (C=O) groups is 2. The van der Waals surface area contributed by atoms with Gasteiger partial charge in [-0.05, 0) is 31.2 Å². The monoisotopic (exact) mass is 274 g/mol. The number of amides is 2. The molecule has 1 N–H and O–H groups in total. The molecule has 0 bridgehead atoms. The molecular weight excluding hydrogens is 256 g/mol. The zero-order chi connectivity index (χ0) is 15.0. The van der Waals surface area contributed by atoms with E-state index in [0.29, 0.717) is 11.3 Å². The number of rotatable bonds is 5. The van der Waals surface area contributed by atoms with Crippen LogP contribution in [0, 0.1) is 0 Å². The van der Waals surface area contributed by atoms with E-state index in [2.05, 4.69) is 5.32 Å². The van der Waals surface area contributed by atoms with Gasteiger partial charge in [0.15, 0.2) is 0 Å². The standard InChI is InChI=1S/C15H18N2O3/c1-4-5-6-7-14(18)16-13-10-8-12(9-11-13)15(19)17(2)20-3/h4-11H,1-3H3,(H,16,18). The third-order valence-electron chi connectivity index (χ3n) is 2.51. The van der Waals surface area contributed by atoms with Crippen LogP contribution in [0.25, 0.3) is 0 Å². The fraction of sp³-hybridized carbons (Fsp3) is 0.200. The summed E-state index contributed by atoms with van der Waals surface area (Å²) in [5.41, 5.74) is 1.11. The third kappa shape index (κ3) is 4.70. The van der Waals surface area contributed by atoms with Crippen molar-refractivity contribution in [3.05, 3.63) is 54.1 Å². The van der Waals surface area contributed by atoms with E-state index in [1.807, 2.05) is 13.0 Å². The summed E-state index contributed by atoms with van der Waals surface area (Å²) in [6.07, 6.45) is 6.68. The van der Waals surface area contributed by atoms with Gasteiger partial charge >= 0.3 is 0 Å². The molecule has 0 aliphatic heterocycles. The lowest BCUT2D eigenvalue weighted by Gasteiger charge is -2.13. The number of anilines is 1. The molecule has 0 fully saturated rings. The van der Waals surface area contributed by atoms with Gasteiger partial charge in [-0.25, -0.2) is 5.06 Å². The van der Waals surface area contributed by atoms with Crippen LogP contribution in [0.3, 0.4) is 0 Å². The number of carbonyl (C=O) groups excluding carboxylic acids is 2. The van der Waals surface area contributed by atoms with Crippen molar-refractivity contribution in [1.29, 1.82) is 0 Å². The number of hydroxylamine groups is 2. The fourth-order valence-corrected chi connectivity index (χ4v) is 1.40. The molecule has 0 aliphatic carbocycles. The Morgan fingerprint density at radius 1 is 1.20 bits per heavy atom. The molecule has 1 aromatic carbocycles. The van der Waals surface area contributed by atoms with E-state index in [-0.39, 0.29) is 11.8 Å². The number of hydrogen-bond acceptors (Lipinski definition) is 3. The number of allylic oxidation sites excluding steroid dienone is 3. The van der Waals surface area contributed by atoms with E-state index in [1.165, 1.54) is 20.2 Å². The predicted molar refractivity (Wildman–Crippen MR) is 78.1 cm³/mol. The molecule has 0 aliphatic rings. The quantitative estimate of drug-likeness (QED) is 0.509. The van der Waals surface area contributed by atoms with Gasteiger partial charge < -0.3 is 5.32 Å². The number of nitrogens with one attached hydrogen (secondary N) is 1. The molecular formula is C15H18N2O3. The Bertz CT molecular complexity index is 518. The minimum atomic E-state index is -0.252. The fourth-order valence-electron chi connectivity index (χ4n) is 1.40. The van der Waals surface area contributed by atoms with Crippen molar-refractivity contribution in [2.75, 3.05) is 19.5 Å². The third-order valence-corrected chi connectivity index (χ3v) is 2.51. The van der Waals surface area contributed by atoms with E-state index in [0.717, 1.165) is 5.06 Å². The lowest BCUT2D eigenvalue weighted by atomic mass is 10.2. The van der Waals surface area contributed by atoms with Crippen LogP contribution in [-0.2, 0) is 9.63 Å². The second-order valence-electron chi connectivity index (χ2n) is 3.94. The molecule has 1 rings (SSSR count). The van der Waals surface area contributed by atoms with Gasteiger partial charge in [-0.2, -0.15) is 0 Å². The van der Waals surface area contributed by atoms with Gasteiger partial charge in [-0.1, -0.05) is 18.2 Å². The molecule has 1 aromatic rings. The molecule has 0 aromatic heterocycles. The molecule has 2 amide bonds. The Morgan fingerprint density at radius 2 is 1.85 bits per heavy atom. The molecule has 0 atom stereocenters. The lowest BCUT2D eigenvalue weighted by Crippen LogP contribution is -2.25. The Balaban J connectivity index is 2.67. The number of nitrogens with zero attached hydrogens (tertiary/aromatic N) is 1. The summed E-state index contributed by atoms with van der Waals surface area (Å²) in [7, 11) is 2.95. The average molecular weight is 274 g/mol. The van der Waals surface area contributed by atoms with E-state index in [4.69, 9.17) is 4.84 Å². The Hall–Kier alpha value is -2.40. The van der Waals surface area contributed by atoms with Crippen LogP contribution in [0.5, 0.6) is 0 Å². The van der Waals surface area contributed by atoms with Crippen molar-refractivity contribution < 1.29 is 14.4 Å². The first-order valence-electron chi connectivity index (χ1n) is 6.11. The second kappa shape index (κ2) is 7.91. The zero-order valence-corrected chi connectivity index (χ0v) is 11.8. The molecule has 0 heterocycles. The highest BCUT2D eigenvalue weighted by atomic mass is 16.7. The molecule has 0 spiro atoms. The van der Waals surface area contributed by atoms with Gasteiger partial charge in [-0.3, -0.25) is 14.4 Å². The Morgan fingerprint density at radius 3 is 2.40 bits per heavy atom. The van der Waals surface area contributed by atoms with Crippen molar-refractivity contribution >= 4 is 17.5 Å². The molecule has 5 heteroatoms. The minimum Gasteiger partial charge on any atom is -0.323 e. The Labute approximate surface area is 118 Å². The van der Waals surface area contributed by atoms with Gasteiger partial charge in [0.05, 0.1) is 7.11 Å². The highest BCUT2D eigenvalue weighted by molar-refractivity contribution is 6.00. The summed E-state index contributed by atoms with van der Waals surface area (Å²) in [6, 6.07) is 6.59. The molecule has 0 radical (unpaired) electrons. The first-order valence-corrected chi connectivity index (χ1v) is 6.11. The lowest BCUT2D eigenvalue weighted by molar-refractivity contribution is -0.111. The van der Waals surface area contributed by atoms with Gasteiger partial charge in [0, 0.05) is 24.4 Å². The normalized spacial score (nSPS) is 10.9. The van der Waals surface area contributed by atoms with Crippen molar-refractivity contribution in [2.24, 2.45) is 0 Å². The summed E-state index contributed by atoms with van der Waals surface area (Å²) in [4.78, 5) is 28.1. The van der Waals surface area contributed by atoms with Crippen LogP contribution >= 0.6 is 0 Å². The molecule has 0 saturated carbocycles. The topological polar surface area (TPSA) is 58.6 Å². The molecule has 0 unspecified atom stereocenters. The summed E-state index contributed by atoms with van der Waals surface area (Å²) >= 11 is 0. The zero-order valence-electron chi connectivity index (χ0n) is 11.8. The van der Waals surface area contributed by atoms with E-state index < -0.39 is 0 Å². The summed E-state index contributed by atoms with van der Waals surface area (Å²) < 4.78 is 0. The van der Waals surface area contributed by atoms with E-state index in [9.17, 15) is 9.59 Å². The Kier molecular flexibility index (Phi) is 6.19. The summed E-state index contributed by atoms with van der Waals surface area (Å²) in [5, 5.41) is 3.83. The molecule has 106 valence electrons. The maximum atomic E-state index is 11.8. The SMILES string of the molecule is CC=CC=CC(=O)Nc1ccc(C(=O)N(C)OC)cc1. The highest BCUT2D eigenvalue weighted by Gasteiger charge is 2.10. The number of benzene rings is 1. The highest BCUT2D eigenvalue weighted by Crippen LogP contribution is 2.11. The maximum Gasteiger partial charge on any atom is 0.277 e. The largest absolute Gasteiger partial charge is 0.323 e. The predicted octanol–water partition coefficient (Wildman–Crippen LogP) is 2.39. The van der Waals surface area contributed by atoms with Crippen molar-refractivity contribution in [1.82, 2.24) is 5.06 Å². The average Bonchev–Trinajstić information content (AvgIpc) is 2.46. The summed E-state index contributed by atoms with van der Waals surface area (Å²) in [6.45, 7) is 1.87. The van der Waals surface area contributed by atoms with Crippen molar-refractivity contribution in [3.8, 4) is 0 Å². The first kappa shape index (κ1) is 15.7. The first-order chi connectivity index (χ1) is 9.58. The smallest absolute Gasteiger partial charge is 0.277 e. The van der Waals surface area contributed by atoms with Crippen LogP contribution in [0.15, 0.2) is 48.6 Å². The van der Waals surface area contributed by atoms with Crippen molar-refractivity contribution in [2.45, 2.75) is 6.92 Å². The van der Waals surface area contributed by atoms with Crippen LogP contribution in [0.1, 0.15) is 17.3 Å². The maximum absolute atomic E-state index is 11.8. The summed E-state index contributed by atoms with van der Waals surface area (Å²) in [5.74, 6) is -0.477. The van der Waals surface area contributed by atoms with E-state index in [1.54, 1.807) is 36.4 Å². The van der Waals surface area contributed by atoms with Gasteiger partial charge in [-0.15, -0.1) is 0 Å². The van der Waals surface area contributed by atoms with Crippen LogP contribution in [0.2, 0.25) is 0 Å². The molecule has 0 saturated heterocycles. The van der Waals surface area contributed by atoms with Crippen LogP contribution in [-0.4, -0.2) is 31.0 Å². The van der Waals surface area contributed by atoms with Gasteiger partial charge in [0.25, 0.3) is 5.91 Å². The van der Waals surface area contributed by atoms with Gasteiger partial charge in [0.1, 0.15) is 0 Å². The second-order valence-corrected chi connectivity index (χ2v) is 3.94. The van der Waals surface area contributed by atoms with Crippen molar-refractivity contribution in [3.63, 3.8) is 0 Å². The molecule has 5 nitrogen and oxygen atoms in total. The van der Waals surface area contributed by atoms with Crippen LogP contribution < -0.4 is 5.32 Å². The van der Waals surface area contributed by atoms with E-state index >= 15 is 0 Å². The minimum absolute atomic E-state index is 0.226. The molecule has 20 heavy (non-hydrogen) atoms.